The van der Waals surface area contributed by atoms with Crippen LogP contribution in [-0.2, 0) is 17.8 Å². The first-order chi connectivity index (χ1) is 8.58. The number of nitrogens with zero attached hydrogens (tertiary/aromatic N) is 4. The van der Waals surface area contributed by atoms with E-state index in [-0.39, 0.29) is 12.5 Å². The van der Waals surface area contributed by atoms with Gasteiger partial charge in [0.25, 0.3) is 0 Å². The molecule has 18 heavy (non-hydrogen) atoms. The van der Waals surface area contributed by atoms with Crippen LogP contribution in [0.3, 0.4) is 0 Å². The second kappa shape index (κ2) is 3.69. The number of aromatic nitrogens is 4. The molecule has 1 N–H and O–H groups in total. The summed E-state index contributed by atoms with van der Waals surface area (Å²) in [5.74, 6) is 1.92. The van der Waals surface area contributed by atoms with Crippen molar-refractivity contribution in [1.82, 2.24) is 19.1 Å². The molecule has 6 heteroatoms. The Morgan fingerprint density at radius 2 is 2.33 bits per heavy atom. The molecule has 1 aliphatic rings. The van der Waals surface area contributed by atoms with Crippen molar-refractivity contribution in [3.63, 3.8) is 0 Å². The SMILES string of the molecule is CC(C)c1nc2c(n1CC(=O)O)Cc1nccn1-2. The van der Waals surface area contributed by atoms with E-state index >= 15 is 0 Å². The molecule has 0 spiro atoms. The quantitative estimate of drug-likeness (QED) is 0.753. The second-order valence-corrected chi connectivity index (χ2v) is 4.77. The number of aliphatic carboxylic acids is 1. The number of hydrogen-bond acceptors (Lipinski definition) is 3. The predicted molar refractivity (Wildman–Crippen MR) is 63.9 cm³/mol. The molecule has 0 radical (unpaired) electrons. The van der Waals surface area contributed by atoms with E-state index in [0.717, 1.165) is 23.2 Å². The Morgan fingerprint density at radius 1 is 1.56 bits per heavy atom. The highest BCUT2D eigenvalue weighted by molar-refractivity contribution is 5.67. The molecule has 0 unspecified atom stereocenters. The minimum atomic E-state index is -0.846. The maximum absolute atomic E-state index is 11.0. The van der Waals surface area contributed by atoms with Gasteiger partial charge in [-0.3, -0.25) is 9.36 Å². The van der Waals surface area contributed by atoms with Crippen LogP contribution in [0.5, 0.6) is 0 Å². The van der Waals surface area contributed by atoms with E-state index < -0.39 is 5.97 Å². The van der Waals surface area contributed by atoms with Gasteiger partial charge < -0.3 is 9.67 Å². The van der Waals surface area contributed by atoms with Gasteiger partial charge in [0.2, 0.25) is 0 Å². The molecule has 3 rings (SSSR count). The fourth-order valence-corrected chi connectivity index (χ4v) is 2.42. The van der Waals surface area contributed by atoms with Crippen LogP contribution in [0.25, 0.3) is 5.82 Å². The molecule has 0 atom stereocenters. The molecule has 2 aromatic heterocycles. The van der Waals surface area contributed by atoms with Crippen molar-refractivity contribution >= 4 is 5.97 Å². The third-order valence-corrected chi connectivity index (χ3v) is 3.16. The summed E-state index contributed by atoms with van der Waals surface area (Å²) in [7, 11) is 0. The largest absolute Gasteiger partial charge is 0.480 e. The number of carbonyl (C=O) groups is 1. The molecule has 3 heterocycles. The van der Waals surface area contributed by atoms with E-state index in [2.05, 4.69) is 9.97 Å². The van der Waals surface area contributed by atoms with Crippen LogP contribution in [-0.4, -0.2) is 30.2 Å². The Kier molecular flexibility index (Phi) is 2.26. The molecule has 0 aliphatic carbocycles. The smallest absolute Gasteiger partial charge is 0.323 e. The zero-order valence-corrected chi connectivity index (χ0v) is 10.3. The topological polar surface area (TPSA) is 72.9 Å². The van der Waals surface area contributed by atoms with Gasteiger partial charge in [-0.05, 0) is 0 Å². The van der Waals surface area contributed by atoms with Gasteiger partial charge in [0, 0.05) is 18.3 Å². The highest BCUT2D eigenvalue weighted by Crippen LogP contribution is 2.29. The standard InChI is InChI=1S/C12H14N4O2/c1-7(2)11-14-12-8(16(11)6-10(17)18)5-9-13-3-4-15(9)12/h3-4,7H,5-6H2,1-2H3,(H,17,18). The Bertz CT molecular complexity index is 624. The average Bonchev–Trinajstić information content (AvgIpc) is 2.89. The third kappa shape index (κ3) is 1.45. The molecule has 2 aromatic rings. The molecule has 0 aromatic carbocycles. The Balaban J connectivity index is 2.15. The van der Waals surface area contributed by atoms with Gasteiger partial charge in [0.15, 0.2) is 5.82 Å². The van der Waals surface area contributed by atoms with Gasteiger partial charge in [-0.1, -0.05) is 13.8 Å². The zero-order chi connectivity index (χ0) is 12.9. The average molecular weight is 246 g/mol. The van der Waals surface area contributed by atoms with Crippen molar-refractivity contribution < 1.29 is 9.90 Å². The Morgan fingerprint density at radius 3 is 3.00 bits per heavy atom. The van der Waals surface area contributed by atoms with Crippen molar-refractivity contribution in [3.8, 4) is 5.82 Å². The van der Waals surface area contributed by atoms with Gasteiger partial charge >= 0.3 is 5.97 Å². The van der Waals surface area contributed by atoms with E-state index in [1.54, 1.807) is 10.8 Å². The highest BCUT2D eigenvalue weighted by Gasteiger charge is 2.28. The molecule has 94 valence electrons. The summed E-state index contributed by atoms with van der Waals surface area (Å²) in [6, 6.07) is 0. The zero-order valence-electron chi connectivity index (χ0n) is 10.3. The molecule has 0 amide bonds. The molecule has 1 aliphatic heterocycles. The first-order valence-corrected chi connectivity index (χ1v) is 5.91. The number of fused-ring (bicyclic) bond motifs is 3. The lowest BCUT2D eigenvalue weighted by Gasteiger charge is -2.10. The normalized spacial score (nSPS) is 12.8. The summed E-state index contributed by atoms with van der Waals surface area (Å²) in [6.45, 7) is 4.00. The van der Waals surface area contributed by atoms with E-state index in [9.17, 15) is 4.79 Å². The number of carboxylic acid groups (broad SMARTS) is 1. The van der Waals surface area contributed by atoms with Crippen LogP contribution < -0.4 is 0 Å². The molecule has 0 bridgehead atoms. The van der Waals surface area contributed by atoms with Crippen molar-refractivity contribution in [2.75, 3.05) is 0 Å². The Labute approximate surface area is 104 Å². The first kappa shape index (κ1) is 11.0. The van der Waals surface area contributed by atoms with Crippen molar-refractivity contribution in [1.29, 1.82) is 0 Å². The third-order valence-electron chi connectivity index (χ3n) is 3.16. The van der Waals surface area contributed by atoms with Crippen LogP contribution in [0.15, 0.2) is 12.4 Å². The van der Waals surface area contributed by atoms with E-state index in [4.69, 9.17) is 5.11 Å². The summed E-state index contributed by atoms with van der Waals surface area (Å²) < 4.78 is 3.73. The van der Waals surface area contributed by atoms with Crippen molar-refractivity contribution in [2.24, 2.45) is 0 Å². The highest BCUT2D eigenvalue weighted by atomic mass is 16.4. The molecule has 0 fully saturated rings. The van der Waals surface area contributed by atoms with E-state index in [1.807, 2.05) is 24.6 Å². The number of hydrogen-bond donors (Lipinski definition) is 1. The first-order valence-electron chi connectivity index (χ1n) is 5.91. The summed E-state index contributed by atoms with van der Waals surface area (Å²) in [4.78, 5) is 19.8. The monoisotopic (exact) mass is 246 g/mol. The van der Waals surface area contributed by atoms with Gasteiger partial charge in [0.05, 0.1) is 12.1 Å². The van der Waals surface area contributed by atoms with E-state index in [1.165, 1.54) is 0 Å². The molecular formula is C12H14N4O2. The lowest BCUT2D eigenvalue weighted by Crippen LogP contribution is -2.15. The fraction of sp³-hybridized carbons (Fsp3) is 0.417. The number of rotatable bonds is 3. The minimum absolute atomic E-state index is 0.0410. The van der Waals surface area contributed by atoms with Gasteiger partial charge in [-0.2, -0.15) is 0 Å². The fourth-order valence-electron chi connectivity index (χ4n) is 2.42. The van der Waals surface area contributed by atoms with Gasteiger partial charge in [-0.15, -0.1) is 0 Å². The molecular weight excluding hydrogens is 232 g/mol. The number of carboxylic acids is 1. The van der Waals surface area contributed by atoms with Crippen molar-refractivity contribution in [3.05, 3.63) is 29.7 Å². The maximum Gasteiger partial charge on any atom is 0.323 e. The summed E-state index contributed by atoms with van der Waals surface area (Å²) in [5, 5.41) is 9.02. The van der Waals surface area contributed by atoms with Crippen LogP contribution in [0, 0.1) is 0 Å². The maximum atomic E-state index is 11.0. The number of imidazole rings is 2. The molecule has 0 saturated heterocycles. The lowest BCUT2D eigenvalue weighted by atomic mass is 10.2. The van der Waals surface area contributed by atoms with Crippen LogP contribution in [0.1, 0.15) is 37.1 Å². The van der Waals surface area contributed by atoms with Crippen LogP contribution in [0.2, 0.25) is 0 Å². The summed E-state index contributed by atoms with van der Waals surface area (Å²) >= 11 is 0. The molecule has 6 nitrogen and oxygen atoms in total. The Hall–Kier alpha value is -2.11. The summed E-state index contributed by atoms with van der Waals surface area (Å²) in [5.41, 5.74) is 0.948. The van der Waals surface area contributed by atoms with Crippen LogP contribution >= 0.6 is 0 Å². The van der Waals surface area contributed by atoms with Crippen molar-refractivity contribution in [2.45, 2.75) is 32.7 Å². The van der Waals surface area contributed by atoms with Gasteiger partial charge in [0.1, 0.15) is 18.2 Å². The lowest BCUT2D eigenvalue weighted by molar-refractivity contribution is -0.137. The second-order valence-electron chi connectivity index (χ2n) is 4.77. The van der Waals surface area contributed by atoms with Crippen LogP contribution in [0.4, 0.5) is 0 Å². The van der Waals surface area contributed by atoms with E-state index in [0.29, 0.717) is 6.42 Å². The molecule has 0 saturated carbocycles. The predicted octanol–water partition coefficient (Wildman–Crippen LogP) is 1.18. The minimum Gasteiger partial charge on any atom is -0.480 e. The van der Waals surface area contributed by atoms with Gasteiger partial charge in [-0.25, -0.2) is 9.97 Å². The summed E-state index contributed by atoms with van der Waals surface area (Å²) in [6.07, 6.45) is 4.25.